The smallest absolute Gasteiger partial charge is 0.176 e. The van der Waals surface area contributed by atoms with Gasteiger partial charge in [0.2, 0.25) is 0 Å². The van der Waals surface area contributed by atoms with Crippen molar-refractivity contribution in [2.45, 2.75) is 24.4 Å². The second-order valence-electron chi connectivity index (χ2n) is 16.5. The molecule has 0 bridgehead atoms. The van der Waals surface area contributed by atoms with E-state index in [2.05, 4.69) is 206 Å². The van der Waals surface area contributed by atoms with E-state index in [-0.39, 0.29) is 18.0 Å². The molecule has 286 valence electrons. The molecule has 0 radical (unpaired) electrons. The Kier molecular flexibility index (Phi) is 8.09. The number of rotatable bonds is 6. The molecule has 1 aliphatic heterocycles. The Bertz CT molecular complexity index is 3070. The van der Waals surface area contributed by atoms with Crippen LogP contribution >= 0.6 is 0 Å². The first-order valence-corrected chi connectivity index (χ1v) is 21.2. The summed E-state index contributed by atoms with van der Waals surface area (Å²) in [5.74, 6) is 1.35. The second kappa shape index (κ2) is 14.0. The minimum Gasteiger partial charge on any atom is -0.452 e. The molecule has 3 unspecified atom stereocenters. The number of hydrogen-bond acceptors (Lipinski definition) is 3. The van der Waals surface area contributed by atoms with Gasteiger partial charge in [-0.1, -0.05) is 188 Å². The standard InChI is InChI=1S/C57H42N2O/c1-5-18-37(19-6-1)48-35-41-22-13-14-29-45(41)52-51(48)46-33-32-40(36-49(46)57(52,43-25-9-3-10-26-43)44-27-11-4-12-28-44)39-23-17-24-42(34-39)53-55-54(47-30-15-16-31-50(47)60-55)59-56(58-53)38-20-7-2-8-21-38/h1-33,35,39-40,56,59H,34,36H2. The minimum absolute atomic E-state index is 0.217. The lowest BCUT2D eigenvalue weighted by molar-refractivity contribution is 0.450. The lowest BCUT2D eigenvalue weighted by Crippen LogP contribution is -2.32. The van der Waals surface area contributed by atoms with Gasteiger partial charge in [-0.3, -0.25) is 4.99 Å². The average molecular weight is 771 g/mol. The topological polar surface area (TPSA) is 37.5 Å². The quantitative estimate of drug-likeness (QED) is 0.183. The maximum atomic E-state index is 6.64. The fraction of sp³-hybridized carbons (Fsp3) is 0.105. The molecular weight excluding hydrogens is 729 g/mol. The van der Waals surface area contributed by atoms with Crippen molar-refractivity contribution in [3.05, 3.63) is 251 Å². The first kappa shape index (κ1) is 34.8. The number of aliphatic imine (C=N–C) groups is 1. The number of anilines is 1. The Morgan fingerprint density at radius 3 is 2.00 bits per heavy atom. The maximum absolute atomic E-state index is 6.64. The van der Waals surface area contributed by atoms with E-state index in [1.807, 2.05) is 6.07 Å². The highest BCUT2D eigenvalue weighted by atomic mass is 16.3. The zero-order valence-corrected chi connectivity index (χ0v) is 33.1. The van der Waals surface area contributed by atoms with Gasteiger partial charge in [0.25, 0.3) is 0 Å². The summed E-state index contributed by atoms with van der Waals surface area (Å²) in [6.45, 7) is 0. The number of furan rings is 1. The summed E-state index contributed by atoms with van der Waals surface area (Å²) in [4.78, 5) is 5.42. The van der Waals surface area contributed by atoms with Crippen LogP contribution in [0.15, 0.2) is 227 Å². The Labute approximate surface area is 350 Å². The Hall–Kier alpha value is -7.23. The second-order valence-corrected chi connectivity index (χ2v) is 16.5. The molecule has 3 aliphatic carbocycles. The van der Waals surface area contributed by atoms with Crippen molar-refractivity contribution in [1.82, 2.24) is 0 Å². The SMILES string of the molecule is C1=CC(C2C=CC3=C(C2)C(c2ccccc2)(c2ccccc2)c2c3c(-c3ccccc3)cc3ccccc23)CC(C2=NC(c3ccccc3)Nc3c2oc2ccccc32)=C1. The number of para-hydroxylation sites is 1. The third-order valence-corrected chi connectivity index (χ3v) is 13.4. The maximum Gasteiger partial charge on any atom is 0.176 e. The fourth-order valence-corrected chi connectivity index (χ4v) is 10.7. The number of nitrogens with one attached hydrogen (secondary N) is 1. The zero-order valence-electron chi connectivity index (χ0n) is 33.1. The van der Waals surface area contributed by atoms with Gasteiger partial charge in [0.05, 0.1) is 11.1 Å². The van der Waals surface area contributed by atoms with Crippen molar-refractivity contribution in [1.29, 1.82) is 0 Å². The normalized spacial score (nSPS) is 20.0. The average Bonchev–Trinajstić information content (AvgIpc) is 3.86. The van der Waals surface area contributed by atoms with Gasteiger partial charge in [-0.15, -0.1) is 0 Å². The Balaban J connectivity index is 1.00. The van der Waals surface area contributed by atoms with Gasteiger partial charge >= 0.3 is 0 Å². The van der Waals surface area contributed by atoms with Gasteiger partial charge in [-0.05, 0) is 109 Å². The van der Waals surface area contributed by atoms with Gasteiger partial charge in [0.1, 0.15) is 17.5 Å². The van der Waals surface area contributed by atoms with Crippen LogP contribution in [-0.2, 0) is 5.41 Å². The van der Waals surface area contributed by atoms with Crippen LogP contribution in [0.25, 0.3) is 38.4 Å². The molecule has 1 aromatic heterocycles. The summed E-state index contributed by atoms with van der Waals surface area (Å²) in [6.07, 6.45) is 13.5. The summed E-state index contributed by atoms with van der Waals surface area (Å²) in [6, 6.07) is 63.9. The molecule has 0 saturated heterocycles. The van der Waals surface area contributed by atoms with E-state index in [1.165, 1.54) is 60.9 Å². The van der Waals surface area contributed by atoms with Crippen LogP contribution in [0, 0.1) is 11.8 Å². The molecule has 3 nitrogen and oxygen atoms in total. The summed E-state index contributed by atoms with van der Waals surface area (Å²) in [5.41, 5.74) is 15.4. The monoisotopic (exact) mass is 770 g/mol. The van der Waals surface area contributed by atoms with Crippen LogP contribution in [0.4, 0.5) is 5.69 Å². The molecule has 3 heteroatoms. The summed E-state index contributed by atoms with van der Waals surface area (Å²) < 4.78 is 6.64. The van der Waals surface area contributed by atoms with Gasteiger partial charge in [0, 0.05) is 5.39 Å². The molecule has 3 atom stereocenters. The molecule has 60 heavy (non-hydrogen) atoms. The number of fused-ring (bicyclic) bond motifs is 7. The van der Waals surface area contributed by atoms with Gasteiger partial charge in [-0.25, -0.2) is 0 Å². The van der Waals surface area contributed by atoms with Crippen LogP contribution in [0.1, 0.15) is 52.6 Å². The molecule has 8 aromatic rings. The molecular formula is C57H42N2O. The third kappa shape index (κ3) is 5.32. The van der Waals surface area contributed by atoms with Crippen LogP contribution in [-0.4, -0.2) is 5.71 Å². The lowest BCUT2D eigenvalue weighted by atomic mass is 9.62. The number of allylic oxidation sites excluding steroid dienone is 8. The van der Waals surface area contributed by atoms with E-state index in [0.717, 1.165) is 46.5 Å². The number of nitrogens with zero attached hydrogens (tertiary/aromatic N) is 1. The zero-order chi connectivity index (χ0) is 39.6. The van der Waals surface area contributed by atoms with E-state index in [9.17, 15) is 0 Å². The van der Waals surface area contributed by atoms with E-state index >= 15 is 0 Å². The molecule has 0 fully saturated rings. The van der Waals surface area contributed by atoms with Gasteiger partial charge < -0.3 is 9.73 Å². The van der Waals surface area contributed by atoms with Crippen molar-refractivity contribution in [2.24, 2.45) is 16.8 Å². The van der Waals surface area contributed by atoms with Crippen molar-refractivity contribution in [3.8, 4) is 11.1 Å². The molecule has 2 heterocycles. The van der Waals surface area contributed by atoms with E-state index in [1.54, 1.807) is 0 Å². The first-order chi connectivity index (χ1) is 29.8. The summed E-state index contributed by atoms with van der Waals surface area (Å²) in [7, 11) is 0. The van der Waals surface area contributed by atoms with E-state index in [4.69, 9.17) is 9.41 Å². The predicted molar refractivity (Wildman–Crippen MR) is 247 cm³/mol. The van der Waals surface area contributed by atoms with E-state index in [0.29, 0.717) is 0 Å². The third-order valence-electron chi connectivity index (χ3n) is 13.4. The first-order valence-electron chi connectivity index (χ1n) is 21.2. The highest BCUT2D eigenvalue weighted by Gasteiger charge is 2.50. The van der Waals surface area contributed by atoms with Crippen LogP contribution < -0.4 is 5.32 Å². The Morgan fingerprint density at radius 1 is 0.617 bits per heavy atom. The summed E-state index contributed by atoms with van der Waals surface area (Å²) >= 11 is 0. The van der Waals surface area contributed by atoms with Gasteiger partial charge in [0.15, 0.2) is 5.76 Å². The molecule has 0 amide bonds. The predicted octanol–water partition coefficient (Wildman–Crippen LogP) is 14.0. The highest BCUT2D eigenvalue weighted by molar-refractivity contribution is 6.19. The van der Waals surface area contributed by atoms with Crippen LogP contribution in [0.3, 0.4) is 0 Å². The van der Waals surface area contributed by atoms with Crippen LogP contribution in [0.2, 0.25) is 0 Å². The van der Waals surface area contributed by atoms with Gasteiger partial charge in [-0.2, -0.15) is 0 Å². The van der Waals surface area contributed by atoms with Crippen molar-refractivity contribution in [3.63, 3.8) is 0 Å². The lowest BCUT2D eigenvalue weighted by Gasteiger charge is -2.39. The largest absolute Gasteiger partial charge is 0.452 e. The molecule has 12 rings (SSSR count). The number of benzene rings is 7. The van der Waals surface area contributed by atoms with E-state index < -0.39 is 5.41 Å². The molecule has 1 N–H and O–H groups in total. The summed E-state index contributed by atoms with van der Waals surface area (Å²) in [5, 5.41) is 7.39. The van der Waals surface area contributed by atoms with Crippen molar-refractivity contribution < 1.29 is 4.42 Å². The number of hydrogen-bond donors (Lipinski definition) is 1. The molecule has 0 saturated carbocycles. The Morgan fingerprint density at radius 2 is 1.25 bits per heavy atom. The molecule has 0 spiro atoms. The molecule has 4 aliphatic rings. The fourth-order valence-electron chi connectivity index (χ4n) is 10.7. The van der Waals surface area contributed by atoms with Crippen molar-refractivity contribution in [2.75, 3.05) is 5.32 Å². The highest BCUT2D eigenvalue weighted by Crippen LogP contribution is 2.62. The minimum atomic E-state index is -0.497. The molecule has 7 aromatic carbocycles. The van der Waals surface area contributed by atoms with Crippen molar-refractivity contribution >= 4 is 38.7 Å². The van der Waals surface area contributed by atoms with Crippen LogP contribution in [0.5, 0.6) is 0 Å².